The van der Waals surface area contributed by atoms with Gasteiger partial charge in [0.25, 0.3) is 0 Å². The molecule has 0 spiro atoms. The average molecular weight is 252 g/mol. The molecule has 3 rings (SSSR count). The van der Waals surface area contributed by atoms with Crippen molar-refractivity contribution in [3.8, 4) is 0 Å². The Balaban J connectivity index is 1.57. The lowest BCUT2D eigenvalue weighted by atomic mass is 9.86. The minimum absolute atomic E-state index is 0.247. The number of fused-ring (bicyclic) bond motifs is 1. The van der Waals surface area contributed by atoms with Gasteiger partial charge in [-0.3, -0.25) is 9.80 Å². The summed E-state index contributed by atoms with van der Waals surface area (Å²) in [5.74, 6) is 0. The summed E-state index contributed by atoms with van der Waals surface area (Å²) < 4.78 is 0. The van der Waals surface area contributed by atoms with Crippen LogP contribution in [0.4, 0.5) is 0 Å². The van der Waals surface area contributed by atoms with Crippen LogP contribution >= 0.6 is 0 Å². The van der Waals surface area contributed by atoms with E-state index >= 15 is 0 Å². The molecule has 2 saturated heterocycles. The van der Waals surface area contributed by atoms with E-state index < -0.39 is 0 Å². The molecule has 18 heavy (non-hydrogen) atoms. The van der Waals surface area contributed by atoms with E-state index in [0.717, 1.165) is 12.6 Å². The highest BCUT2D eigenvalue weighted by Gasteiger charge is 2.37. The first-order valence-electron chi connectivity index (χ1n) is 7.89. The largest absolute Gasteiger partial charge is 0.396 e. The normalized spacial score (nSPS) is 33.5. The zero-order valence-corrected chi connectivity index (χ0v) is 11.6. The van der Waals surface area contributed by atoms with E-state index in [1.165, 1.54) is 71.1 Å². The van der Waals surface area contributed by atoms with Gasteiger partial charge in [0.15, 0.2) is 0 Å². The minimum atomic E-state index is 0.247. The average Bonchev–Trinajstić information content (AvgIpc) is 2.88. The minimum Gasteiger partial charge on any atom is -0.396 e. The Labute approximate surface area is 111 Å². The van der Waals surface area contributed by atoms with Crippen molar-refractivity contribution in [1.82, 2.24) is 9.80 Å². The molecule has 0 amide bonds. The van der Waals surface area contributed by atoms with Crippen LogP contribution in [0.25, 0.3) is 0 Å². The monoisotopic (exact) mass is 252 g/mol. The van der Waals surface area contributed by atoms with Gasteiger partial charge in [-0.1, -0.05) is 19.3 Å². The fourth-order valence-corrected chi connectivity index (χ4v) is 4.33. The zero-order valence-electron chi connectivity index (χ0n) is 11.6. The van der Waals surface area contributed by atoms with Crippen LogP contribution in [0.5, 0.6) is 0 Å². The molecule has 1 aliphatic carbocycles. The zero-order chi connectivity index (χ0) is 12.4. The molecular weight excluding hydrogens is 224 g/mol. The smallest absolute Gasteiger partial charge is 0.0499 e. The predicted octanol–water partition coefficient (Wildman–Crippen LogP) is 1.71. The predicted molar refractivity (Wildman–Crippen MR) is 73.6 cm³/mol. The first-order chi connectivity index (χ1) is 8.81. The molecule has 104 valence electrons. The number of aliphatic hydroxyl groups excluding tert-OH is 1. The summed E-state index contributed by atoms with van der Waals surface area (Å²) in [5.41, 5.74) is 0.247. The van der Waals surface area contributed by atoms with Crippen LogP contribution in [0.1, 0.15) is 44.9 Å². The van der Waals surface area contributed by atoms with Gasteiger partial charge in [0, 0.05) is 44.2 Å². The molecule has 3 heteroatoms. The van der Waals surface area contributed by atoms with Gasteiger partial charge >= 0.3 is 0 Å². The Bertz CT molecular complexity index is 276. The molecule has 3 nitrogen and oxygen atoms in total. The maximum absolute atomic E-state index is 9.74. The van der Waals surface area contributed by atoms with Crippen LogP contribution in [0, 0.1) is 5.41 Å². The third-order valence-corrected chi connectivity index (χ3v) is 5.48. The number of nitrogens with zero attached hydrogens (tertiary/aromatic N) is 2. The molecule has 2 aliphatic heterocycles. The van der Waals surface area contributed by atoms with E-state index in [0.29, 0.717) is 6.61 Å². The summed E-state index contributed by atoms with van der Waals surface area (Å²) in [7, 11) is 0. The molecule has 0 aromatic rings. The maximum Gasteiger partial charge on any atom is 0.0499 e. The first-order valence-corrected chi connectivity index (χ1v) is 7.89. The van der Waals surface area contributed by atoms with E-state index in [1.54, 1.807) is 0 Å². The van der Waals surface area contributed by atoms with Crippen LogP contribution in [0.15, 0.2) is 0 Å². The number of aliphatic hydroxyl groups is 1. The number of piperazine rings is 1. The Kier molecular flexibility index (Phi) is 3.92. The summed E-state index contributed by atoms with van der Waals surface area (Å²) in [6, 6.07) is 0.810. The lowest BCUT2D eigenvalue weighted by Crippen LogP contribution is -2.56. The first kappa shape index (κ1) is 12.9. The van der Waals surface area contributed by atoms with Crippen LogP contribution < -0.4 is 0 Å². The molecular formula is C15H28N2O. The number of hydrogen-bond acceptors (Lipinski definition) is 3. The van der Waals surface area contributed by atoms with Crippen LogP contribution in [0.3, 0.4) is 0 Å². The van der Waals surface area contributed by atoms with Crippen LogP contribution in [-0.2, 0) is 0 Å². The number of hydrogen-bond donors (Lipinski definition) is 1. The topological polar surface area (TPSA) is 26.7 Å². The van der Waals surface area contributed by atoms with Gasteiger partial charge in [0.1, 0.15) is 0 Å². The van der Waals surface area contributed by atoms with Crippen molar-refractivity contribution in [2.75, 3.05) is 39.3 Å². The number of piperidine rings is 1. The van der Waals surface area contributed by atoms with Gasteiger partial charge in [-0.2, -0.15) is 0 Å². The molecule has 3 fully saturated rings. The highest BCUT2D eigenvalue weighted by Crippen LogP contribution is 2.38. The molecule has 1 atom stereocenters. The van der Waals surface area contributed by atoms with E-state index in [4.69, 9.17) is 0 Å². The summed E-state index contributed by atoms with van der Waals surface area (Å²) in [6.45, 7) is 6.60. The second-order valence-corrected chi connectivity index (χ2v) is 6.79. The highest BCUT2D eigenvalue weighted by atomic mass is 16.3. The van der Waals surface area contributed by atoms with Gasteiger partial charge in [0.05, 0.1) is 0 Å². The van der Waals surface area contributed by atoms with Crippen molar-refractivity contribution in [2.45, 2.75) is 51.0 Å². The Morgan fingerprint density at radius 3 is 2.61 bits per heavy atom. The van der Waals surface area contributed by atoms with Gasteiger partial charge < -0.3 is 5.11 Å². The molecule has 2 heterocycles. The lowest BCUT2D eigenvalue weighted by molar-refractivity contribution is 0.0110. The van der Waals surface area contributed by atoms with Crippen molar-refractivity contribution in [2.24, 2.45) is 5.41 Å². The summed E-state index contributed by atoms with van der Waals surface area (Å²) in [4.78, 5) is 5.34. The van der Waals surface area contributed by atoms with Crippen molar-refractivity contribution in [1.29, 1.82) is 0 Å². The van der Waals surface area contributed by atoms with E-state index in [-0.39, 0.29) is 5.41 Å². The third kappa shape index (κ3) is 2.59. The molecule has 0 aromatic heterocycles. The number of rotatable bonds is 3. The Hall–Kier alpha value is -0.120. The molecule has 3 aliphatic rings. The molecule has 0 radical (unpaired) electrons. The quantitative estimate of drug-likeness (QED) is 0.828. The van der Waals surface area contributed by atoms with Crippen LogP contribution in [-0.4, -0.2) is 60.3 Å². The summed E-state index contributed by atoms with van der Waals surface area (Å²) in [6.07, 6.45) is 9.34. The van der Waals surface area contributed by atoms with Crippen LogP contribution in [0.2, 0.25) is 0 Å². The standard InChI is InChI=1S/C15H28N2O/c18-13-15(6-2-3-7-15)12-16-9-10-17-8-4-1-5-14(17)11-16/h14,18H,1-13H2. The van der Waals surface area contributed by atoms with Gasteiger partial charge in [0.2, 0.25) is 0 Å². The summed E-state index contributed by atoms with van der Waals surface area (Å²) >= 11 is 0. The van der Waals surface area contributed by atoms with E-state index in [9.17, 15) is 5.11 Å². The van der Waals surface area contributed by atoms with Gasteiger partial charge in [-0.05, 0) is 32.2 Å². The van der Waals surface area contributed by atoms with Gasteiger partial charge in [-0.25, -0.2) is 0 Å². The molecule has 0 aromatic carbocycles. The third-order valence-electron chi connectivity index (χ3n) is 5.48. The molecule has 0 bridgehead atoms. The molecule has 1 saturated carbocycles. The fourth-order valence-electron chi connectivity index (χ4n) is 4.33. The Morgan fingerprint density at radius 2 is 1.83 bits per heavy atom. The second kappa shape index (κ2) is 5.48. The SMILES string of the molecule is OCC1(CN2CCN3CCCCC3C2)CCCC1. The second-order valence-electron chi connectivity index (χ2n) is 6.79. The highest BCUT2D eigenvalue weighted by molar-refractivity contribution is 4.91. The Morgan fingerprint density at radius 1 is 1.00 bits per heavy atom. The summed E-state index contributed by atoms with van der Waals surface area (Å²) in [5, 5.41) is 9.74. The van der Waals surface area contributed by atoms with E-state index in [1.807, 2.05) is 0 Å². The van der Waals surface area contributed by atoms with Crippen molar-refractivity contribution < 1.29 is 5.11 Å². The van der Waals surface area contributed by atoms with Crippen molar-refractivity contribution in [3.05, 3.63) is 0 Å². The lowest BCUT2D eigenvalue weighted by Gasteiger charge is -2.46. The maximum atomic E-state index is 9.74. The molecule has 1 N–H and O–H groups in total. The van der Waals surface area contributed by atoms with Crippen molar-refractivity contribution >= 4 is 0 Å². The fraction of sp³-hybridized carbons (Fsp3) is 1.00. The van der Waals surface area contributed by atoms with Gasteiger partial charge in [-0.15, -0.1) is 0 Å². The van der Waals surface area contributed by atoms with E-state index in [2.05, 4.69) is 9.80 Å². The molecule has 1 unspecified atom stereocenters. The van der Waals surface area contributed by atoms with Crippen molar-refractivity contribution in [3.63, 3.8) is 0 Å².